The summed E-state index contributed by atoms with van der Waals surface area (Å²) in [6.45, 7) is 2.69. The van der Waals surface area contributed by atoms with Crippen LogP contribution in [-0.2, 0) is 20.5 Å². The van der Waals surface area contributed by atoms with Gasteiger partial charge in [0.05, 0.1) is 13.2 Å². The van der Waals surface area contributed by atoms with Gasteiger partial charge in [0, 0.05) is 10.9 Å². The summed E-state index contributed by atoms with van der Waals surface area (Å²) in [6.07, 6.45) is -6.16. The number of carbonyl (C=O) groups is 1. The molecular weight excluding hydrogens is 396 g/mol. The number of halogens is 1. The van der Waals surface area contributed by atoms with Crippen LogP contribution in [0, 0.1) is 0 Å². The number of alkyl halides is 1. The number of ether oxygens (including phenoxy) is 2. The minimum Gasteiger partial charge on any atom is -0.493 e. The van der Waals surface area contributed by atoms with Crippen molar-refractivity contribution in [2.24, 2.45) is 0 Å². The first-order chi connectivity index (χ1) is 11.8. The van der Waals surface area contributed by atoms with Gasteiger partial charge in [-0.15, -0.1) is 0 Å². The first-order valence-corrected chi connectivity index (χ1v) is 9.11. The highest BCUT2D eigenvalue weighted by Gasteiger charge is 2.58. The van der Waals surface area contributed by atoms with Crippen molar-refractivity contribution in [2.75, 3.05) is 13.2 Å². The summed E-state index contributed by atoms with van der Waals surface area (Å²) >= 11 is 3.34. The summed E-state index contributed by atoms with van der Waals surface area (Å²) in [5.41, 5.74) is -0.916. The molecule has 0 bridgehead atoms. The summed E-state index contributed by atoms with van der Waals surface area (Å²) in [5, 5.41) is 40.9. The highest BCUT2D eigenvalue weighted by atomic mass is 79.9. The Morgan fingerprint density at radius 3 is 2.52 bits per heavy atom. The maximum absolute atomic E-state index is 12.6. The molecule has 0 saturated carbocycles. The molecule has 25 heavy (non-hydrogen) atoms. The van der Waals surface area contributed by atoms with E-state index in [0.29, 0.717) is 17.7 Å². The van der Waals surface area contributed by atoms with Crippen molar-refractivity contribution in [1.82, 2.24) is 0 Å². The van der Waals surface area contributed by atoms with Gasteiger partial charge in [-0.3, -0.25) is 4.79 Å². The monoisotopic (exact) mass is 418 g/mol. The van der Waals surface area contributed by atoms with E-state index in [1.54, 1.807) is 25.1 Å². The van der Waals surface area contributed by atoms with Crippen LogP contribution in [0.4, 0.5) is 0 Å². The molecule has 5 atom stereocenters. The number of hydrogen-bond acceptors (Lipinski definition) is 7. The third-order valence-corrected chi connectivity index (χ3v) is 5.06. The number of Topliss-reactive ketones (excluding diaryl/α,β-unsaturated/α-hetero) is 1. The molecule has 0 aromatic heterocycles. The normalized spacial score (nSPS) is 32.4. The van der Waals surface area contributed by atoms with Gasteiger partial charge in [0.2, 0.25) is 0 Å². The van der Waals surface area contributed by atoms with Crippen molar-refractivity contribution in [1.29, 1.82) is 0 Å². The molecule has 1 unspecified atom stereocenters. The zero-order valence-corrected chi connectivity index (χ0v) is 15.6. The lowest BCUT2D eigenvalue weighted by atomic mass is 9.76. The molecule has 1 aromatic carbocycles. The molecule has 1 fully saturated rings. The van der Waals surface area contributed by atoms with Crippen molar-refractivity contribution in [3.8, 4) is 5.75 Å². The Bertz CT molecular complexity index is 621. The minimum absolute atomic E-state index is 0.246. The van der Waals surface area contributed by atoms with Gasteiger partial charge in [-0.2, -0.15) is 0 Å². The van der Waals surface area contributed by atoms with Crippen LogP contribution in [0.2, 0.25) is 0 Å². The SMILES string of the molecule is CCOc1ccc(CBr)cc1C1(C(C)=O)O[C@H](CO)[C@@H](O)[C@H](O)[C@H]1O. The molecular formula is C17H23BrO7. The zero-order valence-electron chi connectivity index (χ0n) is 14.1. The Hall–Kier alpha value is -1.03. The van der Waals surface area contributed by atoms with E-state index in [4.69, 9.17) is 9.47 Å². The standard InChI is InChI=1S/C17H23BrO7/c1-3-24-12-5-4-10(7-18)6-11(12)17(9(2)20)16(23)15(22)14(21)13(8-19)25-17/h4-6,13-16,19,21-23H,3,7-8H2,1-2H3/t13-,14-,15+,16-,17?/m1/s1. The van der Waals surface area contributed by atoms with Crippen molar-refractivity contribution in [3.05, 3.63) is 29.3 Å². The smallest absolute Gasteiger partial charge is 0.183 e. The van der Waals surface area contributed by atoms with E-state index >= 15 is 0 Å². The lowest BCUT2D eigenvalue weighted by Crippen LogP contribution is -2.66. The second-order valence-corrected chi connectivity index (χ2v) is 6.51. The Morgan fingerprint density at radius 2 is 2.00 bits per heavy atom. The van der Waals surface area contributed by atoms with E-state index in [1.807, 2.05) is 0 Å². The molecule has 8 heteroatoms. The van der Waals surface area contributed by atoms with Crippen molar-refractivity contribution >= 4 is 21.7 Å². The van der Waals surface area contributed by atoms with E-state index in [1.165, 1.54) is 6.92 Å². The summed E-state index contributed by atoms with van der Waals surface area (Å²) < 4.78 is 11.3. The van der Waals surface area contributed by atoms with Crippen molar-refractivity contribution < 1.29 is 34.7 Å². The van der Waals surface area contributed by atoms with Crippen LogP contribution in [-0.4, -0.2) is 63.8 Å². The van der Waals surface area contributed by atoms with E-state index in [2.05, 4.69) is 15.9 Å². The van der Waals surface area contributed by atoms with Crippen LogP contribution in [0.25, 0.3) is 0 Å². The number of carbonyl (C=O) groups excluding carboxylic acids is 1. The van der Waals surface area contributed by atoms with Crippen LogP contribution in [0.5, 0.6) is 5.75 Å². The topological polar surface area (TPSA) is 116 Å². The van der Waals surface area contributed by atoms with Gasteiger partial charge in [0.25, 0.3) is 0 Å². The van der Waals surface area contributed by atoms with Gasteiger partial charge in [-0.05, 0) is 31.5 Å². The molecule has 0 spiro atoms. The number of aliphatic hydroxyl groups excluding tert-OH is 4. The molecule has 1 aliphatic rings. The summed E-state index contributed by atoms with van der Waals surface area (Å²) in [7, 11) is 0. The first kappa shape index (κ1) is 20.3. The molecule has 0 amide bonds. The second-order valence-electron chi connectivity index (χ2n) is 5.95. The predicted octanol–water partition coefficient (Wildman–Crippen LogP) is 0.238. The van der Waals surface area contributed by atoms with Crippen LogP contribution < -0.4 is 4.74 Å². The van der Waals surface area contributed by atoms with Gasteiger partial charge in [0.1, 0.15) is 30.2 Å². The second kappa shape index (κ2) is 8.11. The van der Waals surface area contributed by atoms with E-state index in [9.17, 15) is 25.2 Å². The minimum atomic E-state index is -1.96. The lowest BCUT2D eigenvalue weighted by Gasteiger charge is -2.47. The predicted molar refractivity (Wildman–Crippen MR) is 92.6 cm³/mol. The van der Waals surface area contributed by atoms with Gasteiger partial charge in [-0.1, -0.05) is 22.0 Å². The summed E-state index contributed by atoms with van der Waals surface area (Å²) in [5.74, 6) is -0.251. The van der Waals surface area contributed by atoms with E-state index in [-0.39, 0.29) is 5.56 Å². The molecule has 140 valence electrons. The molecule has 1 aliphatic heterocycles. The molecule has 7 nitrogen and oxygen atoms in total. The number of hydrogen-bond donors (Lipinski definition) is 4. The Morgan fingerprint density at radius 1 is 1.32 bits per heavy atom. The fraction of sp³-hybridized carbons (Fsp3) is 0.588. The highest BCUT2D eigenvalue weighted by Crippen LogP contribution is 2.43. The zero-order chi connectivity index (χ0) is 18.8. The third-order valence-electron chi connectivity index (χ3n) is 4.41. The van der Waals surface area contributed by atoms with Gasteiger partial charge in [0.15, 0.2) is 11.4 Å². The average molecular weight is 419 g/mol. The largest absolute Gasteiger partial charge is 0.493 e. The average Bonchev–Trinajstić information content (AvgIpc) is 2.61. The number of benzene rings is 1. The van der Waals surface area contributed by atoms with E-state index in [0.717, 1.165) is 5.56 Å². The molecule has 2 rings (SSSR count). The van der Waals surface area contributed by atoms with Gasteiger partial charge < -0.3 is 29.9 Å². The highest BCUT2D eigenvalue weighted by molar-refractivity contribution is 9.08. The summed E-state index contributed by atoms with van der Waals surface area (Å²) in [6, 6.07) is 5.09. The first-order valence-electron chi connectivity index (χ1n) is 7.99. The summed E-state index contributed by atoms with van der Waals surface area (Å²) in [4.78, 5) is 12.6. The Labute approximate surface area is 154 Å². The molecule has 1 heterocycles. The van der Waals surface area contributed by atoms with Crippen molar-refractivity contribution in [2.45, 2.75) is 49.2 Å². The number of ketones is 1. The maximum Gasteiger partial charge on any atom is 0.183 e. The van der Waals surface area contributed by atoms with Gasteiger partial charge >= 0.3 is 0 Å². The quantitative estimate of drug-likeness (QED) is 0.488. The Balaban J connectivity index is 2.69. The number of rotatable bonds is 6. The fourth-order valence-corrected chi connectivity index (χ4v) is 3.45. The van der Waals surface area contributed by atoms with E-state index < -0.39 is 42.4 Å². The molecule has 4 N–H and O–H groups in total. The lowest BCUT2D eigenvalue weighted by molar-refractivity contribution is -0.269. The Kier molecular flexibility index (Phi) is 6.58. The van der Waals surface area contributed by atoms with Crippen molar-refractivity contribution in [3.63, 3.8) is 0 Å². The molecule has 1 saturated heterocycles. The van der Waals surface area contributed by atoms with Gasteiger partial charge in [-0.25, -0.2) is 0 Å². The van der Waals surface area contributed by atoms with Crippen LogP contribution in [0.3, 0.4) is 0 Å². The third kappa shape index (κ3) is 3.47. The van der Waals surface area contributed by atoms with Crippen LogP contribution >= 0.6 is 15.9 Å². The molecule has 1 aromatic rings. The molecule has 0 aliphatic carbocycles. The van der Waals surface area contributed by atoms with Crippen LogP contribution in [0.15, 0.2) is 18.2 Å². The molecule has 0 radical (unpaired) electrons. The van der Waals surface area contributed by atoms with Crippen LogP contribution in [0.1, 0.15) is 25.0 Å². The fourth-order valence-electron chi connectivity index (χ4n) is 3.11. The maximum atomic E-state index is 12.6. The number of aliphatic hydroxyl groups is 4.